The highest BCUT2D eigenvalue weighted by molar-refractivity contribution is 7.47. The van der Waals surface area contributed by atoms with E-state index in [1.54, 1.807) is 0 Å². The van der Waals surface area contributed by atoms with Gasteiger partial charge < -0.3 is 18.9 Å². The fraction of sp³-hybridized carbons (Fsp3) is 0.957. The fourth-order valence-electron chi connectivity index (χ4n) is 14.7. The van der Waals surface area contributed by atoms with Crippen molar-refractivity contribution < 1.29 is 42.1 Å². The van der Waals surface area contributed by atoms with E-state index in [2.05, 4.69) is 26.0 Å². The third kappa shape index (κ3) is 87.7. The van der Waals surface area contributed by atoms with Gasteiger partial charge in [-0.25, -0.2) is 4.57 Å². The minimum absolute atomic E-state index is 0.0373. The van der Waals surface area contributed by atoms with Crippen LogP contribution in [0.5, 0.6) is 0 Å². The number of carbonyl (C=O) groups is 2. The van der Waals surface area contributed by atoms with Crippen LogP contribution in [0, 0.1) is 0 Å². The molecule has 608 valence electrons. The Labute approximate surface area is 638 Å². The van der Waals surface area contributed by atoms with E-state index in [-0.39, 0.29) is 25.6 Å². The Morgan fingerprint density at radius 2 is 0.500 bits per heavy atom. The van der Waals surface area contributed by atoms with Gasteiger partial charge in [0.2, 0.25) is 0 Å². The van der Waals surface area contributed by atoms with Gasteiger partial charge in [0.25, 0.3) is 0 Å². The monoisotopic (exact) mass is 1460 g/mol. The first-order valence-corrected chi connectivity index (χ1v) is 47.9. The molecule has 0 amide bonds. The molecule has 1 N–H and O–H groups in total. The molecule has 0 aromatic heterocycles. The zero-order valence-corrected chi connectivity index (χ0v) is 70.8. The highest BCUT2D eigenvalue weighted by atomic mass is 31.2. The van der Waals surface area contributed by atoms with Gasteiger partial charge in [-0.3, -0.25) is 18.6 Å². The summed E-state index contributed by atoms with van der Waals surface area (Å²) in [7, 11) is 1.51. The second-order valence-corrected chi connectivity index (χ2v) is 34.9. The SMILES string of the molecule is CCCCCCCCCC/C=C\CCCCCCCCCCCCCCCCCCCCCCCCCCCCCC(=O)OC(COC(=O)CCCCCCCCCCCCCCCCCCCCCCCCCCCCCCCCCCCCCCCCC)COP(=O)(O)OCC[N+](C)(C)C. The topological polar surface area (TPSA) is 108 Å². The van der Waals surface area contributed by atoms with Gasteiger partial charge in [0.05, 0.1) is 27.7 Å². The Bertz CT molecular complexity index is 1720. The van der Waals surface area contributed by atoms with E-state index in [1.807, 2.05) is 21.1 Å². The summed E-state index contributed by atoms with van der Waals surface area (Å²) < 4.78 is 34.9. The third-order valence-electron chi connectivity index (χ3n) is 21.8. The highest BCUT2D eigenvalue weighted by Crippen LogP contribution is 2.43. The smallest absolute Gasteiger partial charge is 0.462 e. The lowest BCUT2D eigenvalue weighted by Crippen LogP contribution is -2.37. The normalized spacial score (nSPS) is 12.9. The first-order chi connectivity index (χ1) is 50.0. The lowest BCUT2D eigenvalue weighted by Gasteiger charge is -2.24. The first-order valence-electron chi connectivity index (χ1n) is 46.4. The summed E-state index contributed by atoms with van der Waals surface area (Å²) in [5.74, 6) is -0.763. The number of hydrogen-bond acceptors (Lipinski definition) is 7. The van der Waals surface area contributed by atoms with E-state index in [0.717, 1.165) is 38.5 Å². The quantitative estimate of drug-likeness (QED) is 0.0211. The predicted octanol–water partition coefficient (Wildman–Crippen LogP) is 31.3. The number of hydrogen-bond donors (Lipinski definition) is 1. The lowest BCUT2D eigenvalue weighted by atomic mass is 10.0. The number of likely N-dealkylation sites (N-methyl/N-ethyl adjacent to an activating group) is 1. The molecule has 0 aliphatic heterocycles. The van der Waals surface area contributed by atoms with Crippen LogP contribution in [0.3, 0.4) is 0 Å². The van der Waals surface area contributed by atoms with Gasteiger partial charge in [-0.1, -0.05) is 475 Å². The summed E-state index contributed by atoms with van der Waals surface area (Å²) in [6.07, 6.45) is 109. The van der Waals surface area contributed by atoms with Gasteiger partial charge in [0.1, 0.15) is 19.8 Å². The molecule has 0 bridgehead atoms. The van der Waals surface area contributed by atoms with Gasteiger partial charge in [-0.05, 0) is 38.5 Å². The summed E-state index contributed by atoms with van der Waals surface area (Å²) in [5.41, 5.74) is 0. The largest absolute Gasteiger partial charge is 0.472 e. The average molecular weight is 1460 g/mol. The van der Waals surface area contributed by atoms with Crippen LogP contribution in [0.2, 0.25) is 0 Å². The lowest BCUT2D eigenvalue weighted by molar-refractivity contribution is -0.870. The summed E-state index contributed by atoms with van der Waals surface area (Å²) in [5, 5.41) is 0. The van der Waals surface area contributed by atoms with E-state index >= 15 is 0 Å². The van der Waals surface area contributed by atoms with Gasteiger partial charge in [-0.2, -0.15) is 0 Å². The van der Waals surface area contributed by atoms with Crippen molar-refractivity contribution in [1.82, 2.24) is 0 Å². The Balaban J connectivity index is 3.80. The van der Waals surface area contributed by atoms with Crippen LogP contribution >= 0.6 is 7.82 Å². The Morgan fingerprint density at radius 3 is 0.725 bits per heavy atom. The van der Waals surface area contributed by atoms with E-state index in [1.165, 1.54) is 449 Å². The van der Waals surface area contributed by atoms with Crippen LogP contribution in [-0.2, 0) is 32.7 Å². The summed E-state index contributed by atoms with van der Waals surface area (Å²) in [6, 6.07) is 0. The summed E-state index contributed by atoms with van der Waals surface area (Å²) >= 11 is 0. The Hall–Kier alpha value is -1.25. The molecule has 0 aromatic carbocycles. The number of esters is 2. The van der Waals surface area contributed by atoms with E-state index in [0.29, 0.717) is 17.4 Å². The summed E-state index contributed by atoms with van der Waals surface area (Å²) in [4.78, 5) is 36.1. The van der Waals surface area contributed by atoms with Crippen LogP contribution in [0.25, 0.3) is 0 Å². The maximum absolute atomic E-state index is 13.0. The van der Waals surface area contributed by atoms with Crippen molar-refractivity contribution in [3.63, 3.8) is 0 Å². The molecule has 2 unspecified atom stereocenters. The molecule has 0 aromatic rings. The van der Waals surface area contributed by atoms with Crippen LogP contribution in [0.1, 0.15) is 515 Å². The number of quaternary nitrogens is 1. The van der Waals surface area contributed by atoms with Gasteiger partial charge in [0, 0.05) is 12.8 Å². The molecule has 9 nitrogen and oxygen atoms in total. The average Bonchev–Trinajstić information content (AvgIpc) is 0.914. The minimum Gasteiger partial charge on any atom is -0.462 e. The molecule has 0 saturated carbocycles. The summed E-state index contributed by atoms with van der Waals surface area (Å²) in [6.45, 7) is 4.55. The zero-order chi connectivity index (χ0) is 74.0. The molecule has 10 heteroatoms. The van der Waals surface area contributed by atoms with Crippen molar-refractivity contribution in [2.45, 2.75) is 521 Å². The number of ether oxygens (including phenoxy) is 2. The van der Waals surface area contributed by atoms with Crippen molar-refractivity contribution in [3.8, 4) is 0 Å². The number of phosphoric acid groups is 1. The van der Waals surface area contributed by atoms with Gasteiger partial charge in [0.15, 0.2) is 6.10 Å². The molecule has 102 heavy (non-hydrogen) atoms. The van der Waals surface area contributed by atoms with Crippen LogP contribution < -0.4 is 0 Å². The van der Waals surface area contributed by atoms with Crippen molar-refractivity contribution >= 4 is 19.8 Å². The Kier molecular flexibility index (Phi) is 82.8. The first kappa shape index (κ1) is 101. The fourth-order valence-corrected chi connectivity index (χ4v) is 15.5. The van der Waals surface area contributed by atoms with Crippen molar-refractivity contribution in [2.75, 3.05) is 47.5 Å². The van der Waals surface area contributed by atoms with Crippen molar-refractivity contribution in [1.29, 1.82) is 0 Å². The number of rotatable bonds is 89. The van der Waals surface area contributed by atoms with Crippen LogP contribution in [0.4, 0.5) is 0 Å². The van der Waals surface area contributed by atoms with Crippen LogP contribution in [-0.4, -0.2) is 74.9 Å². The predicted molar refractivity (Wildman–Crippen MR) is 446 cm³/mol. The highest BCUT2D eigenvalue weighted by Gasteiger charge is 2.27. The molecule has 2 atom stereocenters. The number of carbonyl (C=O) groups excluding carboxylic acids is 2. The molecule has 0 aliphatic carbocycles. The maximum Gasteiger partial charge on any atom is 0.472 e. The minimum atomic E-state index is -4.39. The van der Waals surface area contributed by atoms with Crippen LogP contribution in [0.15, 0.2) is 12.2 Å². The number of nitrogens with zero attached hydrogens (tertiary/aromatic N) is 1. The van der Waals surface area contributed by atoms with E-state index in [9.17, 15) is 19.0 Å². The zero-order valence-electron chi connectivity index (χ0n) is 69.9. The standard InChI is InChI=1S/C92H182NO8P/c1-6-8-10-12-14-16-18-20-22-24-26-28-30-32-34-36-38-40-42-44-46-48-50-52-54-56-58-60-62-64-66-68-70-72-74-76-78-80-82-84-91(94)98-88-90(89-100-102(96,97)99-87-86-93(3,4)5)101-92(95)85-83-81-79-77-75-73-71-69-67-65-63-61-59-57-55-53-51-49-47-45-43-41-39-37-35-33-31-29-27-25-23-21-19-17-15-13-11-9-7-2/h25,27,90H,6-24,26,28-89H2,1-5H3/p+1/b27-25-. The number of unbranched alkanes of at least 4 members (excludes halogenated alkanes) is 73. The van der Waals surface area contributed by atoms with E-state index in [4.69, 9.17) is 18.5 Å². The molecule has 0 spiro atoms. The maximum atomic E-state index is 13.0. The van der Waals surface area contributed by atoms with E-state index < -0.39 is 26.5 Å². The molecule has 0 rings (SSSR count). The molecule has 0 fully saturated rings. The molecular weight excluding hydrogens is 1280 g/mol. The second kappa shape index (κ2) is 83.8. The molecular formula is C92H183NO8P+. The second-order valence-electron chi connectivity index (χ2n) is 33.4. The van der Waals surface area contributed by atoms with Gasteiger partial charge >= 0.3 is 19.8 Å². The van der Waals surface area contributed by atoms with Crippen molar-refractivity contribution in [2.24, 2.45) is 0 Å². The molecule has 0 heterocycles. The third-order valence-corrected chi connectivity index (χ3v) is 22.8. The number of phosphoric ester groups is 1. The Morgan fingerprint density at radius 1 is 0.294 bits per heavy atom. The van der Waals surface area contributed by atoms with Gasteiger partial charge in [-0.15, -0.1) is 0 Å². The number of allylic oxidation sites excluding steroid dienone is 2. The molecule has 0 saturated heterocycles. The van der Waals surface area contributed by atoms with Crippen molar-refractivity contribution in [3.05, 3.63) is 12.2 Å². The molecule has 0 aliphatic rings. The molecule has 0 radical (unpaired) electrons.